The van der Waals surface area contributed by atoms with Gasteiger partial charge in [-0.2, -0.15) is 0 Å². The van der Waals surface area contributed by atoms with E-state index in [9.17, 15) is 36.2 Å². The molecular formula is C27H28F4N2O5S. The van der Waals surface area contributed by atoms with E-state index in [0.29, 0.717) is 12.2 Å². The van der Waals surface area contributed by atoms with Gasteiger partial charge in [0.15, 0.2) is 24.2 Å². The summed E-state index contributed by atoms with van der Waals surface area (Å²) in [6, 6.07) is 12.9. The molecule has 0 aromatic heterocycles. The molecule has 0 aliphatic heterocycles. The highest BCUT2D eigenvalue weighted by Crippen LogP contribution is 2.21. The highest BCUT2D eigenvalue weighted by atomic mass is 32.2. The second-order valence-corrected chi connectivity index (χ2v) is 8.52. The number of carbonyl (C=O) groups excluding carboxylic acids is 3. The van der Waals surface area contributed by atoms with Gasteiger partial charge >= 0.3 is 6.09 Å². The normalized spacial score (nSPS) is 10.5. The minimum absolute atomic E-state index is 0.00995. The quantitative estimate of drug-likeness (QED) is 0.218. The molecule has 0 bridgehead atoms. The lowest BCUT2D eigenvalue weighted by Crippen LogP contribution is -2.15. The molecule has 1 atom stereocenters. The maximum absolute atomic E-state index is 13.7. The summed E-state index contributed by atoms with van der Waals surface area (Å²) in [6.45, 7) is 5.84. The van der Waals surface area contributed by atoms with Crippen LogP contribution in [0, 0.1) is 23.3 Å². The van der Waals surface area contributed by atoms with E-state index in [1.54, 1.807) is 24.3 Å². The Balaban J connectivity index is 0.000000379. The minimum atomic E-state index is -1.43. The van der Waals surface area contributed by atoms with Crippen molar-refractivity contribution in [1.82, 2.24) is 0 Å². The Morgan fingerprint density at radius 1 is 0.846 bits per heavy atom. The lowest BCUT2D eigenvalue weighted by Gasteiger charge is -2.09. The van der Waals surface area contributed by atoms with E-state index >= 15 is 0 Å². The summed E-state index contributed by atoms with van der Waals surface area (Å²) in [5.41, 5.74) is -1.08. The summed E-state index contributed by atoms with van der Waals surface area (Å²) in [7, 11) is -1.43. The van der Waals surface area contributed by atoms with E-state index in [2.05, 4.69) is 10.0 Å². The van der Waals surface area contributed by atoms with Crippen molar-refractivity contribution >= 4 is 41.0 Å². The van der Waals surface area contributed by atoms with Crippen LogP contribution < -0.4 is 10.0 Å². The third kappa shape index (κ3) is 10.3. The molecule has 3 rings (SSSR count). The van der Waals surface area contributed by atoms with Crippen LogP contribution in [0.15, 0.2) is 54.6 Å². The molecule has 7 nitrogen and oxygen atoms in total. The van der Waals surface area contributed by atoms with Gasteiger partial charge in [0.2, 0.25) is 0 Å². The summed E-state index contributed by atoms with van der Waals surface area (Å²) in [5, 5.41) is 2.12. The number of hydrogen-bond acceptors (Lipinski definition) is 5. The summed E-state index contributed by atoms with van der Waals surface area (Å²) in [6.07, 6.45) is -0.0895. The van der Waals surface area contributed by atoms with Gasteiger partial charge in [0.05, 0.1) is 22.5 Å². The van der Waals surface area contributed by atoms with Crippen LogP contribution in [0.2, 0.25) is 0 Å². The predicted octanol–water partition coefficient (Wildman–Crippen LogP) is 6.82. The number of rotatable bonds is 9. The fraction of sp³-hybridized carbons (Fsp3) is 0.222. The van der Waals surface area contributed by atoms with Crippen molar-refractivity contribution in [2.24, 2.45) is 0 Å². The van der Waals surface area contributed by atoms with Crippen molar-refractivity contribution in [3.8, 4) is 0 Å². The van der Waals surface area contributed by atoms with Gasteiger partial charge in [-0.25, -0.2) is 26.6 Å². The van der Waals surface area contributed by atoms with Gasteiger partial charge in [-0.05, 0) is 36.2 Å². The average molecular weight is 569 g/mol. The SMILES string of the molecule is CC.CCCS(=O)Nc1ccc(F)c(C=O)c1F.O=Cc1c(F)ccc(NC(=O)OCc2ccccc2)c1F. The highest BCUT2D eigenvalue weighted by molar-refractivity contribution is 7.86. The molecule has 3 aromatic carbocycles. The van der Waals surface area contributed by atoms with E-state index in [1.165, 1.54) is 0 Å². The first kappa shape index (κ1) is 33.0. The molecule has 39 heavy (non-hydrogen) atoms. The third-order valence-electron chi connectivity index (χ3n) is 4.55. The monoisotopic (exact) mass is 568 g/mol. The Hall–Kier alpha value is -4.06. The second kappa shape index (κ2) is 17.4. The Morgan fingerprint density at radius 2 is 1.36 bits per heavy atom. The van der Waals surface area contributed by atoms with Crippen LogP contribution in [0.3, 0.4) is 0 Å². The molecular weight excluding hydrogens is 540 g/mol. The standard InChI is InChI=1S/C15H11F2NO3.C10H11F2NO2S.C2H6/c16-12-6-7-13(14(17)11(12)8-19)18-15(20)21-9-10-4-2-1-3-5-10;1-2-5-16(15)13-9-4-3-8(11)7(6-14)10(9)12;1-2/h1-8H,9H2,(H,18,20);3-4,6,13H,2,5H2,1H3;1-2H3. The van der Waals surface area contributed by atoms with Gasteiger partial charge in [-0.3, -0.25) is 14.9 Å². The van der Waals surface area contributed by atoms with E-state index in [-0.39, 0.29) is 30.6 Å². The Labute approximate surface area is 226 Å². The number of carbonyl (C=O) groups is 3. The fourth-order valence-electron chi connectivity index (χ4n) is 2.76. The molecule has 0 spiro atoms. The van der Waals surface area contributed by atoms with Crippen LogP contribution in [-0.4, -0.2) is 28.6 Å². The summed E-state index contributed by atoms with van der Waals surface area (Å²) >= 11 is 0. The Morgan fingerprint density at radius 3 is 1.87 bits per heavy atom. The molecule has 0 aliphatic rings. The number of hydrogen-bond donors (Lipinski definition) is 2. The summed E-state index contributed by atoms with van der Waals surface area (Å²) in [4.78, 5) is 32.5. The minimum Gasteiger partial charge on any atom is -0.444 e. The Kier molecular flexibility index (Phi) is 14.8. The molecule has 0 saturated heterocycles. The van der Waals surface area contributed by atoms with Crippen molar-refractivity contribution in [2.75, 3.05) is 15.8 Å². The van der Waals surface area contributed by atoms with Gasteiger partial charge < -0.3 is 9.46 Å². The second-order valence-electron chi connectivity index (χ2n) is 7.22. The highest BCUT2D eigenvalue weighted by Gasteiger charge is 2.16. The largest absolute Gasteiger partial charge is 0.444 e. The molecule has 12 heteroatoms. The summed E-state index contributed by atoms with van der Waals surface area (Å²) in [5.74, 6) is -3.72. The summed E-state index contributed by atoms with van der Waals surface area (Å²) < 4.78 is 71.8. The molecule has 0 fully saturated rings. The van der Waals surface area contributed by atoms with Crippen LogP contribution in [-0.2, 0) is 22.3 Å². The smallest absolute Gasteiger partial charge is 0.412 e. The third-order valence-corrected chi connectivity index (χ3v) is 5.78. The number of halogens is 4. The van der Waals surface area contributed by atoms with Crippen LogP contribution in [0.1, 0.15) is 53.5 Å². The number of ether oxygens (including phenoxy) is 1. The molecule has 1 amide bonds. The molecule has 0 heterocycles. The predicted molar refractivity (Wildman–Crippen MR) is 142 cm³/mol. The maximum atomic E-state index is 13.7. The number of benzene rings is 3. The van der Waals surface area contributed by atoms with Crippen LogP contribution >= 0.6 is 0 Å². The molecule has 0 saturated carbocycles. The van der Waals surface area contributed by atoms with Crippen molar-refractivity contribution in [2.45, 2.75) is 33.8 Å². The lowest BCUT2D eigenvalue weighted by atomic mass is 10.2. The van der Waals surface area contributed by atoms with E-state index in [1.807, 2.05) is 26.8 Å². The zero-order valence-electron chi connectivity index (χ0n) is 21.4. The molecule has 210 valence electrons. The first-order valence-electron chi connectivity index (χ1n) is 11.7. The van der Waals surface area contributed by atoms with Crippen molar-refractivity contribution in [3.05, 3.63) is 94.6 Å². The number of anilines is 2. The van der Waals surface area contributed by atoms with E-state index < -0.39 is 51.5 Å². The van der Waals surface area contributed by atoms with Gasteiger partial charge in [0.1, 0.15) is 29.2 Å². The Bertz CT molecular complexity index is 1280. The van der Waals surface area contributed by atoms with Gasteiger partial charge in [0.25, 0.3) is 0 Å². The van der Waals surface area contributed by atoms with Gasteiger partial charge in [-0.1, -0.05) is 51.1 Å². The van der Waals surface area contributed by atoms with Crippen molar-refractivity contribution < 1.29 is 40.9 Å². The first-order chi connectivity index (χ1) is 18.7. The van der Waals surface area contributed by atoms with Crippen LogP contribution in [0.25, 0.3) is 0 Å². The van der Waals surface area contributed by atoms with Gasteiger partial charge in [-0.15, -0.1) is 0 Å². The van der Waals surface area contributed by atoms with Crippen molar-refractivity contribution in [3.63, 3.8) is 0 Å². The molecule has 2 N–H and O–H groups in total. The number of nitrogens with one attached hydrogen (secondary N) is 2. The maximum Gasteiger partial charge on any atom is 0.412 e. The molecule has 0 radical (unpaired) electrons. The van der Waals surface area contributed by atoms with Crippen LogP contribution in [0.4, 0.5) is 33.7 Å². The van der Waals surface area contributed by atoms with Crippen molar-refractivity contribution in [1.29, 1.82) is 0 Å². The van der Waals surface area contributed by atoms with Crippen LogP contribution in [0.5, 0.6) is 0 Å². The lowest BCUT2D eigenvalue weighted by molar-refractivity contribution is 0.110. The van der Waals surface area contributed by atoms with Gasteiger partial charge in [0, 0.05) is 5.75 Å². The average Bonchev–Trinajstić information content (AvgIpc) is 2.93. The molecule has 3 aromatic rings. The zero-order valence-corrected chi connectivity index (χ0v) is 22.3. The topological polar surface area (TPSA) is 102 Å². The number of aldehydes is 2. The molecule has 1 unspecified atom stereocenters. The van der Waals surface area contributed by atoms with E-state index in [4.69, 9.17) is 4.74 Å². The first-order valence-corrected chi connectivity index (χ1v) is 13.0. The molecule has 0 aliphatic carbocycles. The zero-order chi connectivity index (χ0) is 29.4. The fourth-order valence-corrected chi connectivity index (χ4v) is 3.63. The number of amides is 1. The van der Waals surface area contributed by atoms with E-state index in [0.717, 1.165) is 29.8 Å².